The fourth-order valence-electron chi connectivity index (χ4n) is 3.76. The Morgan fingerprint density at radius 3 is 2.40 bits per heavy atom. The quantitative estimate of drug-likeness (QED) is 0.644. The Morgan fingerprint density at radius 1 is 1.23 bits per heavy atom. The van der Waals surface area contributed by atoms with E-state index in [0.717, 1.165) is 18.1 Å². The Balaban J connectivity index is 2.04. The van der Waals surface area contributed by atoms with Crippen LogP contribution >= 0.6 is 11.3 Å². The zero-order valence-corrected chi connectivity index (χ0v) is 18.4. The van der Waals surface area contributed by atoms with Crippen LogP contribution in [0.25, 0.3) is 0 Å². The molecule has 2 heterocycles. The molecule has 1 N–H and O–H groups in total. The molecule has 1 aliphatic heterocycles. The van der Waals surface area contributed by atoms with Crippen molar-refractivity contribution in [3.63, 3.8) is 0 Å². The number of benzene rings is 1. The number of nitrogens with zero attached hydrogens (tertiary/aromatic N) is 3. The molecule has 0 saturated heterocycles. The number of ketones is 1. The first-order chi connectivity index (χ1) is 14.3. The zero-order chi connectivity index (χ0) is 22.0. The molecule has 3 rings (SSSR count). The monoisotopic (exact) mass is 431 g/mol. The number of halogens is 1. The Kier molecular flexibility index (Phi) is 6.67. The lowest BCUT2D eigenvalue weighted by Gasteiger charge is -2.29. The number of hydrogen-bond donors (Lipinski definition) is 1. The highest BCUT2D eigenvalue weighted by Gasteiger charge is 2.44. The van der Waals surface area contributed by atoms with Gasteiger partial charge in [0.25, 0.3) is 5.91 Å². The maximum atomic E-state index is 13.5. The molecule has 2 aromatic rings. The average molecular weight is 432 g/mol. The van der Waals surface area contributed by atoms with Gasteiger partial charge in [-0.25, -0.2) is 9.37 Å². The van der Waals surface area contributed by atoms with E-state index in [0.29, 0.717) is 29.2 Å². The van der Waals surface area contributed by atoms with Crippen LogP contribution in [0, 0.1) is 19.7 Å². The van der Waals surface area contributed by atoms with Gasteiger partial charge >= 0.3 is 0 Å². The number of amides is 1. The van der Waals surface area contributed by atoms with Gasteiger partial charge in [0.1, 0.15) is 5.82 Å². The first kappa shape index (κ1) is 22.1. The summed E-state index contributed by atoms with van der Waals surface area (Å²) in [6.07, 6.45) is 0. The van der Waals surface area contributed by atoms with E-state index in [1.807, 2.05) is 13.8 Å². The number of carbonyl (C=O) groups is 2. The average Bonchev–Trinajstić information content (AvgIpc) is 3.19. The molecule has 1 aliphatic rings. The van der Waals surface area contributed by atoms with E-state index >= 15 is 0 Å². The van der Waals surface area contributed by atoms with Crippen LogP contribution in [0.3, 0.4) is 0 Å². The lowest BCUT2D eigenvalue weighted by atomic mass is 9.95. The summed E-state index contributed by atoms with van der Waals surface area (Å²) >= 11 is 1.23. The maximum absolute atomic E-state index is 13.5. The highest BCUT2D eigenvalue weighted by molar-refractivity contribution is 7.14. The van der Waals surface area contributed by atoms with E-state index in [4.69, 9.17) is 0 Å². The second kappa shape index (κ2) is 9.06. The van der Waals surface area contributed by atoms with Crippen molar-refractivity contribution in [3.05, 3.63) is 62.6 Å². The Labute approximate surface area is 179 Å². The van der Waals surface area contributed by atoms with Gasteiger partial charge in [-0.2, -0.15) is 0 Å². The zero-order valence-electron chi connectivity index (χ0n) is 17.6. The van der Waals surface area contributed by atoms with Crippen molar-refractivity contribution < 1.29 is 19.1 Å². The minimum atomic E-state index is -0.775. The molecule has 0 bridgehead atoms. The standard InChI is InChI=1S/C22H26FN3O3S/c1-5-25(6-2)11-12-26-18(15-7-9-16(23)10-8-15)17(20(28)22(26)29)19(27)21-13(3)24-14(4)30-21/h7-10,18,28H,5-6,11-12H2,1-4H3/t18-/m1/s1. The summed E-state index contributed by atoms with van der Waals surface area (Å²) in [5, 5.41) is 11.4. The third-order valence-corrected chi connectivity index (χ3v) is 6.47. The molecule has 1 aromatic carbocycles. The van der Waals surface area contributed by atoms with Gasteiger partial charge in [-0.3, -0.25) is 9.59 Å². The van der Waals surface area contributed by atoms with Crippen LogP contribution in [0.4, 0.5) is 4.39 Å². The van der Waals surface area contributed by atoms with Crippen LogP contribution in [0.2, 0.25) is 0 Å². The van der Waals surface area contributed by atoms with Crippen molar-refractivity contribution in [2.24, 2.45) is 0 Å². The van der Waals surface area contributed by atoms with Crippen LogP contribution in [0.5, 0.6) is 0 Å². The number of carbonyl (C=O) groups excluding carboxylic acids is 2. The third kappa shape index (κ3) is 4.15. The van der Waals surface area contributed by atoms with Gasteiger partial charge in [0.15, 0.2) is 5.76 Å². The Hall–Kier alpha value is -2.58. The summed E-state index contributed by atoms with van der Waals surface area (Å²) in [7, 11) is 0. The number of Topliss-reactive ketones (excluding diaryl/α,β-unsaturated/α-hetero) is 1. The predicted octanol–water partition coefficient (Wildman–Crippen LogP) is 3.82. The minimum absolute atomic E-state index is 0.0258. The van der Waals surface area contributed by atoms with Crippen molar-refractivity contribution in [1.29, 1.82) is 0 Å². The summed E-state index contributed by atoms with van der Waals surface area (Å²) in [6, 6.07) is 4.91. The SMILES string of the molecule is CCN(CC)CCN1C(=O)C(O)=C(C(=O)c2sc(C)nc2C)[C@H]1c1ccc(F)cc1. The Bertz CT molecular complexity index is 980. The van der Waals surface area contributed by atoms with Gasteiger partial charge in [0.2, 0.25) is 5.78 Å². The summed E-state index contributed by atoms with van der Waals surface area (Å²) in [5.74, 6) is -1.95. The van der Waals surface area contributed by atoms with Crippen LogP contribution in [-0.2, 0) is 4.79 Å². The number of aromatic nitrogens is 1. The topological polar surface area (TPSA) is 73.7 Å². The number of hydrogen-bond acceptors (Lipinski definition) is 6. The van der Waals surface area contributed by atoms with E-state index in [1.54, 1.807) is 26.0 Å². The Morgan fingerprint density at radius 2 is 1.87 bits per heavy atom. The fourth-order valence-corrected chi connectivity index (χ4v) is 4.64. The molecule has 0 aliphatic carbocycles. The first-order valence-electron chi connectivity index (χ1n) is 9.99. The molecule has 30 heavy (non-hydrogen) atoms. The molecule has 0 radical (unpaired) electrons. The molecule has 8 heteroatoms. The summed E-state index contributed by atoms with van der Waals surface area (Å²) in [4.78, 5) is 34.7. The van der Waals surface area contributed by atoms with Gasteiger partial charge in [-0.1, -0.05) is 26.0 Å². The molecular weight excluding hydrogens is 405 g/mol. The largest absolute Gasteiger partial charge is 0.503 e. The van der Waals surface area contributed by atoms with E-state index < -0.39 is 29.3 Å². The molecule has 6 nitrogen and oxygen atoms in total. The number of aliphatic hydroxyl groups excluding tert-OH is 1. The molecule has 1 amide bonds. The molecule has 0 spiro atoms. The van der Waals surface area contributed by atoms with Crippen LogP contribution in [0.15, 0.2) is 35.6 Å². The minimum Gasteiger partial charge on any atom is -0.503 e. The maximum Gasteiger partial charge on any atom is 0.290 e. The van der Waals surface area contributed by atoms with E-state index in [2.05, 4.69) is 9.88 Å². The highest BCUT2D eigenvalue weighted by Crippen LogP contribution is 2.40. The van der Waals surface area contributed by atoms with Crippen LogP contribution in [-0.4, -0.2) is 57.8 Å². The van der Waals surface area contributed by atoms with Crippen molar-refractivity contribution in [1.82, 2.24) is 14.8 Å². The van der Waals surface area contributed by atoms with Crippen molar-refractivity contribution >= 4 is 23.0 Å². The van der Waals surface area contributed by atoms with Crippen molar-refractivity contribution in [2.75, 3.05) is 26.2 Å². The van der Waals surface area contributed by atoms with Crippen LogP contribution in [0.1, 0.15) is 45.8 Å². The molecule has 1 atom stereocenters. The van der Waals surface area contributed by atoms with Gasteiger partial charge in [0, 0.05) is 13.1 Å². The van der Waals surface area contributed by atoms with Gasteiger partial charge in [0.05, 0.1) is 27.2 Å². The number of thiazole rings is 1. The van der Waals surface area contributed by atoms with Crippen LogP contribution < -0.4 is 0 Å². The summed E-state index contributed by atoms with van der Waals surface area (Å²) in [5.41, 5.74) is 1.17. The van der Waals surface area contributed by atoms with Gasteiger partial charge < -0.3 is 14.9 Å². The summed E-state index contributed by atoms with van der Waals surface area (Å²) in [6.45, 7) is 10.2. The molecule has 1 aromatic heterocycles. The number of rotatable bonds is 8. The smallest absolute Gasteiger partial charge is 0.290 e. The van der Waals surface area contributed by atoms with E-state index in [-0.39, 0.29) is 5.57 Å². The lowest BCUT2D eigenvalue weighted by molar-refractivity contribution is -0.129. The van der Waals surface area contributed by atoms with Crippen molar-refractivity contribution in [2.45, 2.75) is 33.7 Å². The molecule has 160 valence electrons. The lowest BCUT2D eigenvalue weighted by Crippen LogP contribution is -2.38. The first-order valence-corrected chi connectivity index (χ1v) is 10.8. The number of likely N-dealkylation sites (N-methyl/N-ethyl adjacent to an activating group) is 1. The van der Waals surface area contributed by atoms with E-state index in [1.165, 1.54) is 28.4 Å². The van der Waals surface area contributed by atoms with E-state index in [9.17, 15) is 19.1 Å². The molecule has 0 unspecified atom stereocenters. The second-order valence-corrected chi connectivity index (χ2v) is 8.42. The molecule has 0 fully saturated rings. The predicted molar refractivity (Wildman–Crippen MR) is 114 cm³/mol. The molecule has 0 saturated carbocycles. The van der Waals surface area contributed by atoms with Gasteiger partial charge in [-0.05, 0) is 44.6 Å². The highest BCUT2D eigenvalue weighted by atomic mass is 32.1. The van der Waals surface area contributed by atoms with Gasteiger partial charge in [-0.15, -0.1) is 11.3 Å². The number of aliphatic hydroxyl groups is 1. The van der Waals surface area contributed by atoms with Crippen molar-refractivity contribution in [3.8, 4) is 0 Å². The second-order valence-electron chi connectivity index (χ2n) is 7.22. The number of aryl methyl sites for hydroxylation is 2. The normalized spacial score (nSPS) is 16.8. The molecular formula is C22H26FN3O3S. The summed E-state index contributed by atoms with van der Waals surface area (Å²) < 4.78 is 13.5. The third-order valence-electron chi connectivity index (χ3n) is 5.40. The fraction of sp³-hybridized carbons (Fsp3) is 0.409.